The monoisotopic (exact) mass is 288 g/mol. The number of likely N-dealkylation sites (N-methyl/N-ethyl adjacent to an activating group) is 1. The fourth-order valence-corrected chi connectivity index (χ4v) is 1.95. The summed E-state index contributed by atoms with van der Waals surface area (Å²) in [6.07, 6.45) is 6.36. The highest BCUT2D eigenvalue weighted by atomic mass is 35.5. The van der Waals surface area contributed by atoms with E-state index >= 15 is 0 Å². The SMILES string of the molecule is CCCC(N)C(=O)N(C)CCCn1ccnc1C.Cl. The molecule has 1 atom stereocenters. The molecule has 6 heteroatoms. The molecule has 0 aromatic carbocycles. The number of carbonyl (C=O) groups is 1. The first-order chi connectivity index (χ1) is 8.56. The molecule has 0 aliphatic rings. The Morgan fingerprint density at radius 1 is 1.58 bits per heavy atom. The number of halogens is 1. The fourth-order valence-electron chi connectivity index (χ4n) is 1.95. The zero-order valence-corrected chi connectivity index (χ0v) is 12.8. The second-order valence-electron chi connectivity index (χ2n) is 4.68. The molecule has 0 radical (unpaired) electrons. The highest BCUT2D eigenvalue weighted by Crippen LogP contribution is 2.01. The third-order valence-corrected chi connectivity index (χ3v) is 3.11. The minimum Gasteiger partial charge on any atom is -0.344 e. The Morgan fingerprint density at radius 3 is 2.79 bits per heavy atom. The van der Waals surface area contributed by atoms with Gasteiger partial charge in [0, 0.05) is 32.5 Å². The van der Waals surface area contributed by atoms with Crippen molar-refractivity contribution in [2.75, 3.05) is 13.6 Å². The van der Waals surface area contributed by atoms with Gasteiger partial charge in [0.1, 0.15) is 5.82 Å². The van der Waals surface area contributed by atoms with Gasteiger partial charge in [-0.1, -0.05) is 13.3 Å². The van der Waals surface area contributed by atoms with Crippen molar-refractivity contribution in [2.45, 2.75) is 45.7 Å². The molecular formula is C13H25ClN4O. The second-order valence-corrected chi connectivity index (χ2v) is 4.68. The lowest BCUT2D eigenvalue weighted by Crippen LogP contribution is -2.42. The topological polar surface area (TPSA) is 64.2 Å². The van der Waals surface area contributed by atoms with Gasteiger partial charge in [0.2, 0.25) is 5.91 Å². The summed E-state index contributed by atoms with van der Waals surface area (Å²) in [5, 5.41) is 0. The van der Waals surface area contributed by atoms with Crippen LogP contribution in [0.5, 0.6) is 0 Å². The minimum atomic E-state index is -0.352. The molecule has 0 fully saturated rings. The molecule has 19 heavy (non-hydrogen) atoms. The number of nitrogens with zero attached hydrogens (tertiary/aromatic N) is 3. The number of aromatic nitrogens is 2. The molecule has 0 saturated carbocycles. The van der Waals surface area contributed by atoms with Gasteiger partial charge in [-0.2, -0.15) is 0 Å². The third-order valence-electron chi connectivity index (χ3n) is 3.11. The van der Waals surface area contributed by atoms with Crippen molar-refractivity contribution in [3.8, 4) is 0 Å². The van der Waals surface area contributed by atoms with Crippen LogP contribution < -0.4 is 5.73 Å². The van der Waals surface area contributed by atoms with Crippen molar-refractivity contribution < 1.29 is 4.79 Å². The maximum Gasteiger partial charge on any atom is 0.239 e. The van der Waals surface area contributed by atoms with Crippen molar-refractivity contribution >= 4 is 18.3 Å². The van der Waals surface area contributed by atoms with Crippen LogP contribution in [-0.2, 0) is 11.3 Å². The Balaban J connectivity index is 0.00000324. The van der Waals surface area contributed by atoms with Crippen LogP contribution in [-0.4, -0.2) is 40.0 Å². The summed E-state index contributed by atoms with van der Waals surface area (Å²) in [5.74, 6) is 1.05. The lowest BCUT2D eigenvalue weighted by Gasteiger charge is -2.21. The number of hydrogen-bond acceptors (Lipinski definition) is 3. The highest BCUT2D eigenvalue weighted by Gasteiger charge is 2.16. The van der Waals surface area contributed by atoms with Crippen molar-refractivity contribution in [1.29, 1.82) is 0 Å². The van der Waals surface area contributed by atoms with Crippen molar-refractivity contribution in [1.82, 2.24) is 14.5 Å². The molecule has 1 heterocycles. The van der Waals surface area contributed by atoms with Gasteiger partial charge in [0.25, 0.3) is 0 Å². The standard InChI is InChI=1S/C13H24N4O.ClH/c1-4-6-12(14)13(18)16(3)8-5-9-17-10-7-15-11(17)2;/h7,10,12H,4-6,8-9,14H2,1-3H3;1H. The summed E-state index contributed by atoms with van der Waals surface area (Å²) < 4.78 is 2.09. The average Bonchev–Trinajstić information content (AvgIpc) is 2.74. The molecule has 110 valence electrons. The van der Waals surface area contributed by atoms with Gasteiger partial charge in [0.05, 0.1) is 6.04 Å². The van der Waals surface area contributed by atoms with Crippen LogP contribution in [0.4, 0.5) is 0 Å². The summed E-state index contributed by atoms with van der Waals surface area (Å²) in [6.45, 7) is 5.63. The van der Waals surface area contributed by atoms with Gasteiger partial charge in [-0.15, -0.1) is 12.4 Å². The van der Waals surface area contributed by atoms with Crippen molar-refractivity contribution in [2.24, 2.45) is 5.73 Å². The van der Waals surface area contributed by atoms with E-state index < -0.39 is 0 Å². The molecule has 0 spiro atoms. The molecular weight excluding hydrogens is 264 g/mol. The third kappa shape index (κ3) is 5.61. The first kappa shape index (κ1) is 17.9. The Labute approximate surface area is 121 Å². The van der Waals surface area contributed by atoms with Gasteiger partial charge in [0.15, 0.2) is 0 Å². The van der Waals surface area contributed by atoms with Crippen LogP contribution in [0.15, 0.2) is 12.4 Å². The number of hydrogen-bond donors (Lipinski definition) is 1. The molecule has 1 aromatic rings. The van der Waals surface area contributed by atoms with E-state index in [0.29, 0.717) is 0 Å². The van der Waals surface area contributed by atoms with E-state index in [1.165, 1.54) is 0 Å². The van der Waals surface area contributed by atoms with E-state index in [1.807, 2.05) is 27.1 Å². The second kappa shape index (κ2) is 8.93. The van der Waals surface area contributed by atoms with E-state index in [0.717, 1.165) is 38.2 Å². The fraction of sp³-hybridized carbons (Fsp3) is 0.692. The first-order valence-electron chi connectivity index (χ1n) is 6.54. The van der Waals surface area contributed by atoms with Crippen LogP contribution in [0.3, 0.4) is 0 Å². The maximum atomic E-state index is 11.9. The number of amides is 1. The van der Waals surface area contributed by atoms with Crippen molar-refractivity contribution in [3.05, 3.63) is 18.2 Å². The summed E-state index contributed by atoms with van der Waals surface area (Å²) >= 11 is 0. The number of aryl methyl sites for hydroxylation is 2. The lowest BCUT2D eigenvalue weighted by atomic mass is 10.1. The summed E-state index contributed by atoms with van der Waals surface area (Å²) in [6, 6.07) is -0.352. The first-order valence-corrected chi connectivity index (χ1v) is 6.54. The Bertz CT molecular complexity index is 380. The molecule has 0 saturated heterocycles. The van der Waals surface area contributed by atoms with E-state index in [4.69, 9.17) is 5.73 Å². The van der Waals surface area contributed by atoms with E-state index in [1.54, 1.807) is 11.1 Å². The largest absolute Gasteiger partial charge is 0.344 e. The average molecular weight is 289 g/mol. The lowest BCUT2D eigenvalue weighted by molar-refractivity contribution is -0.131. The number of nitrogens with two attached hydrogens (primary N) is 1. The van der Waals surface area contributed by atoms with Gasteiger partial charge in [-0.3, -0.25) is 4.79 Å². The zero-order valence-electron chi connectivity index (χ0n) is 12.0. The Hall–Kier alpha value is -1.07. The molecule has 1 amide bonds. The predicted octanol–water partition coefficient (Wildman–Crippen LogP) is 1.59. The quantitative estimate of drug-likeness (QED) is 0.829. The number of rotatable bonds is 7. The van der Waals surface area contributed by atoms with Crippen LogP contribution in [0, 0.1) is 6.92 Å². The van der Waals surface area contributed by atoms with Crippen LogP contribution in [0.2, 0.25) is 0 Å². The van der Waals surface area contributed by atoms with Gasteiger partial charge >= 0.3 is 0 Å². The highest BCUT2D eigenvalue weighted by molar-refractivity contribution is 5.85. The smallest absolute Gasteiger partial charge is 0.239 e. The Morgan fingerprint density at radius 2 is 2.26 bits per heavy atom. The molecule has 1 rings (SSSR count). The number of imidazole rings is 1. The molecule has 0 aliphatic carbocycles. The normalized spacial score (nSPS) is 11.8. The van der Waals surface area contributed by atoms with Crippen LogP contribution >= 0.6 is 12.4 Å². The summed E-state index contributed by atoms with van der Waals surface area (Å²) in [4.78, 5) is 17.8. The Kier molecular flexibility index (Phi) is 8.43. The number of carbonyl (C=O) groups excluding carboxylic acids is 1. The predicted molar refractivity (Wildman–Crippen MR) is 79.3 cm³/mol. The molecule has 5 nitrogen and oxygen atoms in total. The summed E-state index contributed by atoms with van der Waals surface area (Å²) in [5.41, 5.74) is 5.81. The zero-order chi connectivity index (χ0) is 13.5. The molecule has 1 aromatic heterocycles. The molecule has 1 unspecified atom stereocenters. The molecule has 2 N–H and O–H groups in total. The summed E-state index contributed by atoms with van der Waals surface area (Å²) in [7, 11) is 1.82. The molecule has 0 aliphatic heterocycles. The van der Waals surface area contributed by atoms with Crippen LogP contribution in [0.25, 0.3) is 0 Å². The van der Waals surface area contributed by atoms with Crippen molar-refractivity contribution in [3.63, 3.8) is 0 Å². The molecule has 0 bridgehead atoms. The van der Waals surface area contributed by atoms with Gasteiger partial charge in [-0.25, -0.2) is 4.98 Å². The minimum absolute atomic E-state index is 0. The van der Waals surface area contributed by atoms with E-state index in [-0.39, 0.29) is 24.4 Å². The maximum absolute atomic E-state index is 11.9. The van der Waals surface area contributed by atoms with Crippen LogP contribution in [0.1, 0.15) is 32.0 Å². The van der Waals surface area contributed by atoms with E-state index in [9.17, 15) is 4.79 Å². The van der Waals surface area contributed by atoms with E-state index in [2.05, 4.69) is 9.55 Å². The van der Waals surface area contributed by atoms with Gasteiger partial charge < -0.3 is 15.2 Å². The van der Waals surface area contributed by atoms with Gasteiger partial charge in [-0.05, 0) is 19.8 Å².